The summed E-state index contributed by atoms with van der Waals surface area (Å²) in [6, 6.07) is 17.8. The summed E-state index contributed by atoms with van der Waals surface area (Å²) in [6.45, 7) is 2.46. The van der Waals surface area contributed by atoms with Gasteiger partial charge >= 0.3 is 5.69 Å². The zero-order valence-corrected chi connectivity index (χ0v) is 23.3. The Balaban J connectivity index is 1.18. The standard InChI is InChI=1S/C31H31ClN6O2/c1-20-27(15-24(32)17-33-20)30(39)35-25-11-7-21(8-12-25)18-37-28-5-3-4-6-29(28)38(31(37)40)26-13-9-22(10-14-26)23-16-34-36(2)19-23/h3-6,9-10,13-17,19,21,25H,7-8,11-12,18H2,1-2H3,(H,35,39)/t21-,25-. The van der Waals surface area contributed by atoms with Crippen LogP contribution in [0, 0.1) is 12.8 Å². The van der Waals surface area contributed by atoms with Gasteiger partial charge in [0.05, 0.1) is 39.2 Å². The molecule has 1 fully saturated rings. The number of carbonyl (C=O) groups excluding carboxylic acids is 1. The Morgan fingerprint density at radius 2 is 1.73 bits per heavy atom. The number of amides is 1. The number of para-hydroxylation sites is 2. The van der Waals surface area contributed by atoms with Crippen LogP contribution in [0.4, 0.5) is 0 Å². The highest BCUT2D eigenvalue weighted by Gasteiger charge is 2.25. The van der Waals surface area contributed by atoms with Crippen molar-refractivity contribution < 1.29 is 4.79 Å². The molecule has 1 amide bonds. The van der Waals surface area contributed by atoms with E-state index in [0.29, 0.717) is 28.7 Å². The van der Waals surface area contributed by atoms with E-state index in [1.165, 1.54) is 0 Å². The predicted molar refractivity (Wildman–Crippen MR) is 157 cm³/mol. The van der Waals surface area contributed by atoms with Gasteiger partial charge in [0, 0.05) is 37.6 Å². The van der Waals surface area contributed by atoms with Crippen LogP contribution in [0.15, 0.2) is 78.0 Å². The van der Waals surface area contributed by atoms with E-state index in [4.69, 9.17) is 11.6 Å². The molecular formula is C31H31ClN6O2. The molecule has 0 aliphatic heterocycles. The first-order chi connectivity index (χ1) is 19.4. The molecule has 9 heteroatoms. The molecule has 0 saturated heterocycles. The van der Waals surface area contributed by atoms with Crippen molar-refractivity contribution in [3.8, 4) is 16.8 Å². The van der Waals surface area contributed by atoms with Crippen molar-refractivity contribution in [3.63, 3.8) is 0 Å². The molecule has 2 aromatic carbocycles. The topological polar surface area (TPSA) is 86.7 Å². The van der Waals surface area contributed by atoms with Gasteiger partial charge in [-0.15, -0.1) is 0 Å². The summed E-state index contributed by atoms with van der Waals surface area (Å²) in [4.78, 5) is 30.8. The summed E-state index contributed by atoms with van der Waals surface area (Å²) < 4.78 is 5.49. The first kappa shape index (κ1) is 26.1. The third kappa shape index (κ3) is 5.07. The molecule has 3 aromatic heterocycles. The lowest BCUT2D eigenvalue weighted by molar-refractivity contribution is 0.0919. The number of fused-ring (bicyclic) bond motifs is 1. The highest BCUT2D eigenvalue weighted by Crippen LogP contribution is 2.28. The number of hydrogen-bond donors (Lipinski definition) is 1. The van der Waals surface area contributed by atoms with Crippen LogP contribution in [0.3, 0.4) is 0 Å². The molecule has 6 rings (SSSR count). The lowest BCUT2D eigenvalue weighted by atomic mass is 9.85. The van der Waals surface area contributed by atoms with E-state index in [9.17, 15) is 9.59 Å². The summed E-state index contributed by atoms with van der Waals surface area (Å²) in [5, 5.41) is 7.87. The van der Waals surface area contributed by atoms with Gasteiger partial charge in [0.2, 0.25) is 0 Å². The van der Waals surface area contributed by atoms with Crippen LogP contribution in [0.5, 0.6) is 0 Å². The van der Waals surface area contributed by atoms with Gasteiger partial charge in [-0.2, -0.15) is 5.10 Å². The number of aryl methyl sites for hydroxylation is 2. The predicted octanol–water partition coefficient (Wildman–Crippen LogP) is 5.54. The third-order valence-electron chi connectivity index (χ3n) is 7.92. The van der Waals surface area contributed by atoms with Crippen LogP contribution in [0.25, 0.3) is 27.8 Å². The van der Waals surface area contributed by atoms with Gasteiger partial charge in [-0.25, -0.2) is 4.79 Å². The molecular weight excluding hydrogens is 524 g/mol. The first-order valence-electron chi connectivity index (χ1n) is 13.6. The second kappa shape index (κ2) is 10.8. The van der Waals surface area contributed by atoms with Gasteiger partial charge in [0.25, 0.3) is 5.91 Å². The van der Waals surface area contributed by atoms with Crippen LogP contribution in [0.1, 0.15) is 41.7 Å². The molecule has 0 bridgehead atoms. The molecule has 0 spiro atoms. The van der Waals surface area contributed by atoms with Crippen molar-refractivity contribution in [1.29, 1.82) is 0 Å². The smallest absolute Gasteiger partial charge is 0.333 e. The molecule has 1 saturated carbocycles. The molecule has 5 aromatic rings. The zero-order valence-electron chi connectivity index (χ0n) is 22.5. The maximum absolute atomic E-state index is 13.8. The number of pyridine rings is 1. The summed E-state index contributed by atoms with van der Waals surface area (Å²) in [5.41, 5.74) is 5.91. The fourth-order valence-corrected chi connectivity index (χ4v) is 5.91. The Morgan fingerprint density at radius 1 is 1.00 bits per heavy atom. The van der Waals surface area contributed by atoms with E-state index >= 15 is 0 Å². The highest BCUT2D eigenvalue weighted by atomic mass is 35.5. The van der Waals surface area contributed by atoms with Crippen molar-refractivity contribution in [2.24, 2.45) is 13.0 Å². The van der Waals surface area contributed by atoms with Crippen molar-refractivity contribution in [1.82, 2.24) is 29.2 Å². The van der Waals surface area contributed by atoms with Crippen molar-refractivity contribution in [2.75, 3.05) is 0 Å². The Morgan fingerprint density at radius 3 is 2.42 bits per heavy atom. The number of rotatable bonds is 6. The average Bonchev–Trinajstić information content (AvgIpc) is 3.52. The van der Waals surface area contributed by atoms with Crippen LogP contribution in [-0.4, -0.2) is 35.8 Å². The molecule has 0 unspecified atom stereocenters. The van der Waals surface area contributed by atoms with E-state index in [0.717, 1.165) is 53.5 Å². The van der Waals surface area contributed by atoms with Crippen LogP contribution < -0.4 is 11.0 Å². The molecule has 0 atom stereocenters. The Bertz CT molecular complexity index is 1740. The molecule has 3 heterocycles. The zero-order chi connectivity index (χ0) is 27.8. The normalized spacial score (nSPS) is 17.3. The first-order valence-corrected chi connectivity index (χ1v) is 14.0. The fraction of sp³-hybridized carbons (Fsp3) is 0.290. The van der Waals surface area contributed by atoms with Crippen LogP contribution in [0.2, 0.25) is 5.02 Å². The fourth-order valence-electron chi connectivity index (χ4n) is 5.76. The summed E-state index contributed by atoms with van der Waals surface area (Å²) in [6.07, 6.45) is 8.97. The highest BCUT2D eigenvalue weighted by molar-refractivity contribution is 6.30. The molecule has 204 valence electrons. The lowest BCUT2D eigenvalue weighted by Crippen LogP contribution is -2.39. The van der Waals surface area contributed by atoms with Crippen molar-refractivity contribution in [2.45, 2.75) is 45.2 Å². The number of aromatic nitrogens is 5. The maximum Gasteiger partial charge on any atom is 0.333 e. The van der Waals surface area contributed by atoms with Crippen LogP contribution in [-0.2, 0) is 13.6 Å². The molecule has 1 aliphatic carbocycles. The minimum atomic E-state index is -0.134. The summed E-state index contributed by atoms with van der Waals surface area (Å²) >= 11 is 6.05. The Hall–Kier alpha value is -4.17. The second-order valence-electron chi connectivity index (χ2n) is 10.6. The lowest BCUT2D eigenvalue weighted by Gasteiger charge is -2.29. The Kier molecular flexibility index (Phi) is 7.02. The van der Waals surface area contributed by atoms with E-state index in [1.54, 1.807) is 21.5 Å². The van der Waals surface area contributed by atoms with Gasteiger partial charge in [-0.05, 0) is 74.4 Å². The van der Waals surface area contributed by atoms with E-state index < -0.39 is 0 Å². The number of imidazole rings is 1. The Labute approximate surface area is 237 Å². The quantitative estimate of drug-likeness (QED) is 0.299. The molecule has 1 aliphatic rings. The number of nitrogens with one attached hydrogen (secondary N) is 1. The third-order valence-corrected chi connectivity index (χ3v) is 8.13. The van der Waals surface area contributed by atoms with Gasteiger partial charge in [-0.1, -0.05) is 35.9 Å². The SMILES string of the molecule is Cc1ncc(Cl)cc1C(=O)N[C@H]1CC[C@H](Cn2c(=O)n(-c3ccc(-c4cnn(C)c4)cc3)c3ccccc32)CC1. The van der Waals surface area contributed by atoms with Gasteiger partial charge in [-0.3, -0.25) is 23.6 Å². The van der Waals surface area contributed by atoms with Gasteiger partial charge in [0.1, 0.15) is 0 Å². The minimum Gasteiger partial charge on any atom is -0.349 e. The summed E-state index contributed by atoms with van der Waals surface area (Å²) in [7, 11) is 1.90. The van der Waals surface area contributed by atoms with Gasteiger partial charge in [0.15, 0.2) is 0 Å². The average molecular weight is 555 g/mol. The van der Waals surface area contributed by atoms with Crippen molar-refractivity contribution in [3.05, 3.63) is 100.0 Å². The molecule has 1 N–H and O–H groups in total. The summed E-state index contributed by atoms with van der Waals surface area (Å²) in [5.74, 6) is 0.220. The molecule has 0 radical (unpaired) electrons. The number of carbonyl (C=O) groups is 1. The van der Waals surface area contributed by atoms with Crippen molar-refractivity contribution >= 4 is 28.5 Å². The number of benzene rings is 2. The number of nitrogens with zero attached hydrogens (tertiary/aromatic N) is 5. The molecule has 40 heavy (non-hydrogen) atoms. The van der Waals surface area contributed by atoms with E-state index in [-0.39, 0.29) is 17.6 Å². The number of halogens is 1. The van der Waals surface area contributed by atoms with E-state index in [1.807, 2.05) is 79.5 Å². The van der Waals surface area contributed by atoms with E-state index in [2.05, 4.69) is 15.4 Å². The number of hydrogen-bond acceptors (Lipinski definition) is 4. The molecule has 8 nitrogen and oxygen atoms in total. The monoisotopic (exact) mass is 554 g/mol. The van der Waals surface area contributed by atoms with Gasteiger partial charge < -0.3 is 5.32 Å². The largest absolute Gasteiger partial charge is 0.349 e. The van der Waals surface area contributed by atoms with Crippen LogP contribution >= 0.6 is 11.6 Å². The second-order valence-corrected chi connectivity index (χ2v) is 11.1. The minimum absolute atomic E-state index is 0.0327. The maximum atomic E-state index is 13.8.